The van der Waals surface area contributed by atoms with E-state index in [2.05, 4.69) is 45.3 Å². The molecule has 22 heavy (non-hydrogen) atoms. The summed E-state index contributed by atoms with van der Waals surface area (Å²) in [6, 6.07) is 18.5. The molecule has 0 spiro atoms. The van der Waals surface area contributed by atoms with Gasteiger partial charge in [-0.2, -0.15) is 15.0 Å². The van der Waals surface area contributed by atoms with Crippen LogP contribution in [0.4, 0.5) is 0 Å². The molecule has 0 unspecified atom stereocenters. The summed E-state index contributed by atoms with van der Waals surface area (Å²) in [6.45, 7) is 0. The molecule has 106 valence electrons. The lowest BCUT2D eigenvalue weighted by atomic mass is 9.98. The van der Waals surface area contributed by atoms with E-state index in [0.29, 0.717) is 5.82 Å². The first-order valence-corrected chi connectivity index (χ1v) is 7.46. The minimum Gasteiger partial charge on any atom is -0.198 e. The molecule has 5 heteroatoms. The van der Waals surface area contributed by atoms with Crippen LogP contribution in [-0.4, -0.2) is 15.0 Å². The van der Waals surface area contributed by atoms with Crippen molar-refractivity contribution in [1.82, 2.24) is 15.0 Å². The van der Waals surface area contributed by atoms with Crippen LogP contribution >= 0.6 is 23.2 Å². The lowest BCUT2D eigenvalue weighted by Crippen LogP contribution is -1.94. The van der Waals surface area contributed by atoms with E-state index in [1.165, 1.54) is 10.8 Å². The summed E-state index contributed by atoms with van der Waals surface area (Å²) < 4.78 is 0. The Morgan fingerprint density at radius 2 is 1.32 bits per heavy atom. The fraction of sp³-hybridized carbons (Fsp3) is 0. The van der Waals surface area contributed by atoms with Crippen LogP contribution in [0.2, 0.25) is 10.6 Å². The molecule has 4 rings (SSSR count). The highest BCUT2D eigenvalue weighted by Gasteiger charge is 2.11. The Hall–Kier alpha value is -2.23. The Morgan fingerprint density at radius 3 is 2.14 bits per heavy atom. The van der Waals surface area contributed by atoms with Gasteiger partial charge in [-0.3, -0.25) is 0 Å². The molecule has 0 aliphatic heterocycles. The molecular weight excluding hydrogens is 317 g/mol. The van der Waals surface area contributed by atoms with Crippen molar-refractivity contribution in [2.24, 2.45) is 0 Å². The lowest BCUT2D eigenvalue weighted by Gasteiger charge is -2.08. The van der Waals surface area contributed by atoms with Gasteiger partial charge < -0.3 is 0 Å². The molecule has 1 aromatic heterocycles. The standard InChI is InChI=1S/C17H9Cl2N3/c18-16-20-15(21-17(19)22-16)14-7-3-6-12-11-5-2-1-4-10(11)8-9-13(12)14/h1-9H. The predicted octanol–water partition coefficient (Wildman–Crippen LogP) is 5.15. The van der Waals surface area contributed by atoms with Gasteiger partial charge in [-0.25, -0.2) is 0 Å². The summed E-state index contributed by atoms with van der Waals surface area (Å²) >= 11 is 11.8. The van der Waals surface area contributed by atoms with Crippen LogP contribution in [0.5, 0.6) is 0 Å². The summed E-state index contributed by atoms with van der Waals surface area (Å²) in [5.74, 6) is 0.478. The summed E-state index contributed by atoms with van der Waals surface area (Å²) in [4.78, 5) is 12.2. The molecule has 0 saturated heterocycles. The average Bonchev–Trinajstić information content (AvgIpc) is 2.53. The zero-order chi connectivity index (χ0) is 15.1. The first-order chi connectivity index (χ1) is 10.7. The van der Waals surface area contributed by atoms with E-state index in [9.17, 15) is 0 Å². The highest BCUT2D eigenvalue weighted by Crippen LogP contribution is 2.32. The third kappa shape index (κ3) is 2.19. The Morgan fingerprint density at radius 1 is 0.591 bits per heavy atom. The fourth-order valence-electron chi connectivity index (χ4n) is 2.68. The Kier molecular flexibility index (Phi) is 3.17. The van der Waals surface area contributed by atoms with Crippen molar-refractivity contribution in [2.45, 2.75) is 0 Å². The second kappa shape index (κ2) is 5.20. The summed E-state index contributed by atoms with van der Waals surface area (Å²) in [5.41, 5.74) is 0.884. The van der Waals surface area contributed by atoms with Gasteiger partial charge in [-0.15, -0.1) is 0 Å². The van der Waals surface area contributed by atoms with Crippen LogP contribution in [-0.2, 0) is 0 Å². The summed E-state index contributed by atoms with van der Waals surface area (Å²) in [7, 11) is 0. The maximum absolute atomic E-state index is 5.90. The van der Waals surface area contributed by atoms with Gasteiger partial charge in [0.15, 0.2) is 5.82 Å². The first kappa shape index (κ1) is 13.4. The van der Waals surface area contributed by atoms with Crippen LogP contribution in [0.25, 0.3) is 32.9 Å². The lowest BCUT2D eigenvalue weighted by molar-refractivity contribution is 1.06. The molecular formula is C17H9Cl2N3. The summed E-state index contributed by atoms with van der Waals surface area (Å²) in [6.07, 6.45) is 0. The monoisotopic (exact) mass is 325 g/mol. The van der Waals surface area contributed by atoms with Gasteiger partial charge in [0, 0.05) is 5.56 Å². The number of halogens is 2. The van der Waals surface area contributed by atoms with E-state index >= 15 is 0 Å². The second-order valence-electron chi connectivity index (χ2n) is 4.88. The molecule has 0 aliphatic carbocycles. The predicted molar refractivity (Wildman–Crippen MR) is 90.3 cm³/mol. The highest BCUT2D eigenvalue weighted by atomic mass is 35.5. The van der Waals surface area contributed by atoms with E-state index in [4.69, 9.17) is 23.2 Å². The Balaban J connectivity index is 2.08. The van der Waals surface area contributed by atoms with Crippen LogP contribution in [0.3, 0.4) is 0 Å². The van der Waals surface area contributed by atoms with Crippen LogP contribution in [0.1, 0.15) is 0 Å². The number of fused-ring (bicyclic) bond motifs is 3. The maximum Gasteiger partial charge on any atom is 0.227 e. The minimum absolute atomic E-state index is 0.0905. The molecule has 0 N–H and O–H groups in total. The van der Waals surface area contributed by atoms with Crippen molar-refractivity contribution in [2.75, 3.05) is 0 Å². The third-order valence-corrected chi connectivity index (χ3v) is 3.95. The largest absolute Gasteiger partial charge is 0.227 e. The first-order valence-electron chi connectivity index (χ1n) is 6.70. The topological polar surface area (TPSA) is 38.7 Å². The molecule has 0 bridgehead atoms. The van der Waals surface area contributed by atoms with Gasteiger partial charge in [-0.1, -0.05) is 54.6 Å². The van der Waals surface area contributed by atoms with Gasteiger partial charge in [-0.05, 0) is 44.7 Å². The molecule has 4 aromatic rings. The van der Waals surface area contributed by atoms with E-state index < -0.39 is 0 Å². The van der Waals surface area contributed by atoms with Crippen molar-refractivity contribution in [1.29, 1.82) is 0 Å². The molecule has 3 nitrogen and oxygen atoms in total. The fourth-order valence-corrected chi connectivity index (χ4v) is 3.05. The average molecular weight is 326 g/mol. The van der Waals surface area contributed by atoms with E-state index in [0.717, 1.165) is 16.3 Å². The maximum atomic E-state index is 5.90. The molecule has 1 heterocycles. The molecule has 0 aliphatic rings. The van der Waals surface area contributed by atoms with Gasteiger partial charge >= 0.3 is 0 Å². The molecule has 3 aromatic carbocycles. The van der Waals surface area contributed by atoms with Crippen LogP contribution < -0.4 is 0 Å². The number of benzene rings is 3. The summed E-state index contributed by atoms with van der Waals surface area (Å²) in [5, 5.41) is 4.76. The molecule has 0 saturated carbocycles. The van der Waals surface area contributed by atoms with E-state index in [1.807, 2.05) is 24.3 Å². The quantitative estimate of drug-likeness (QED) is 0.454. The number of hydrogen-bond acceptors (Lipinski definition) is 3. The van der Waals surface area contributed by atoms with E-state index in [1.54, 1.807) is 0 Å². The van der Waals surface area contributed by atoms with Crippen molar-refractivity contribution in [3.8, 4) is 11.4 Å². The molecule has 0 amide bonds. The van der Waals surface area contributed by atoms with Gasteiger partial charge in [0.05, 0.1) is 0 Å². The van der Waals surface area contributed by atoms with Gasteiger partial charge in [0.25, 0.3) is 0 Å². The number of rotatable bonds is 1. The van der Waals surface area contributed by atoms with Gasteiger partial charge in [0.2, 0.25) is 10.6 Å². The van der Waals surface area contributed by atoms with Crippen LogP contribution in [0.15, 0.2) is 54.6 Å². The Labute approximate surface area is 136 Å². The second-order valence-corrected chi connectivity index (χ2v) is 5.56. The Bertz CT molecular complexity index is 995. The van der Waals surface area contributed by atoms with Crippen molar-refractivity contribution >= 4 is 44.7 Å². The normalized spacial score (nSPS) is 11.2. The zero-order valence-electron chi connectivity index (χ0n) is 11.3. The molecule has 0 radical (unpaired) electrons. The minimum atomic E-state index is 0.0905. The highest BCUT2D eigenvalue weighted by molar-refractivity contribution is 6.31. The SMILES string of the molecule is Clc1nc(Cl)nc(-c2cccc3c2ccc2ccccc23)n1. The van der Waals surface area contributed by atoms with Gasteiger partial charge in [0.1, 0.15) is 0 Å². The van der Waals surface area contributed by atoms with Crippen LogP contribution in [0, 0.1) is 0 Å². The number of nitrogens with zero attached hydrogens (tertiary/aromatic N) is 3. The third-order valence-electron chi connectivity index (χ3n) is 3.61. The molecule has 0 fully saturated rings. The van der Waals surface area contributed by atoms with Crippen molar-refractivity contribution in [3.63, 3.8) is 0 Å². The van der Waals surface area contributed by atoms with E-state index in [-0.39, 0.29) is 10.6 Å². The number of aromatic nitrogens is 3. The molecule has 0 atom stereocenters. The van der Waals surface area contributed by atoms with Crippen molar-refractivity contribution in [3.05, 3.63) is 65.2 Å². The smallest absolute Gasteiger partial charge is 0.198 e. The zero-order valence-corrected chi connectivity index (χ0v) is 12.8. The number of hydrogen-bond donors (Lipinski definition) is 0. The van der Waals surface area contributed by atoms with Crippen molar-refractivity contribution < 1.29 is 0 Å².